The van der Waals surface area contributed by atoms with Crippen molar-refractivity contribution in [3.63, 3.8) is 0 Å². The predicted octanol–water partition coefficient (Wildman–Crippen LogP) is 9.21. The largest absolute Gasteiger partial charge is 0.307 e. The van der Waals surface area contributed by atoms with Gasteiger partial charge in [0.2, 0.25) is 0 Å². The molecule has 3 aromatic heterocycles. The van der Waals surface area contributed by atoms with Crippen molar-refractivity contribution < 1.29 is 0 Å². The van der Waals surface area contributed by atoms with Crippen LogP contribution in [0.15, 0.2) is 140 Å². The minimum atomic E-state index is 1.08. The van der Waals surface area contributed by atoms with E-state index in [1.54, 1.807) is 0 Å². The van der Waals surface area contributed by atoms with Crippen LogP contribution in [0.2, 0.25) is 0 Å². The maximum Gasteiger partial charge on any atom is 0.0620 e. The van der Waals surface area contributed by atoms with E-state index in [2.05, 4.69) is 118 Å². The second kappa shape index (κ2) is 8.64. The molecule has 0 atom stereocenters. The Labute approximate surface area is 225 Å². The standard InChI is InChI=1S/C36H23N3/c1-3-12-28-24(8-1)16-18-32-33-19-17-25-9-2-4-13-29(25)36(33)39(35(28)32)34-30(26-10-6-20-37-22-26)14-5-15-31(34)27-11-7-21-38-23-27/h1-23H. The van der Waals surface area contributed by atoms with Crippen molar-refractivity contribution in [3.05, 3.63) is 140 Å². The lowest BCUT2D eigenvalue weighted by atomic mass is 9.96. The number of benzene rings is 5. The molecule has 3 nitrogen and oxygen atoms in total. The Balaban J connectivity index is 1.67. The summed E-state index contributed by atoms with van der Waals surface area (Å²) in [6, 6.07) is 41.3. The predicted molar refractivity (Wildman–Crippen MR) is 162 cm³/mol. The molecule has 8 rings (SSSR count). The fourth-order valence-corrected chi connectivity index (χ4v) is 6.06. The normalized spacial score (nSPS) is 11.6. The highest BCUT2D eigenvalue weighted by Gasteiger charge is 2.22. The monoisotopic (exact) mass is 497 g/mol. The Morgan fingerprint density at radius 3 is 1.41 bits per heavy atom. The van der Waals surface area contributed by atoms with E-state index in [1.807, 2.05) is 36.9 Å². The molecule has 0 fully saturated rings. The summed E-state index contributed by atoms with van der Waals surface area (Å²) in [5.74, 6) is 0. The van der Waals surface area contributed by atoms with E-state index in [0.29, 0.717) is 0 Å². The molecule has 0 aliphatic heterocycles. The van der Waals surface area contributed by atoms with Gasteiger partial charge in [-0.05, 0) is 22.9 Å². The van der Waals surface area contributed by atoms with Crippen LogP contribution < -0.4 is 0 Å². The van der Waals surface area contributed by atoms with Crippen LogP contribution in [0, 0.1) is 0 Å². The third-order valence-electron chi connectivity index (χ3n) is 7.74. The van der Waals surface area contributed by atoms with Crippen LogP contribution in [0.3, 0.4) is 0 Å². The molecule has 0 N–H and O–H groups in total. The molecule has 39 heavy (non-hydrogen) atoms. The van der Waals surface area contributed by atoms with Gasteiger partial charge in [-0.2, -0.15) is 0 Å². The van der Waals surface area contributed by atoms with Crippen molar-refractivity contribution in [2.75, 3.05) is 0 Å². The van der Waals surface area contributed by atoms with Crippen molar-refractivity contribution in [2.24, 2.45) is 0 Å². The molecule has 182 valence electrons. The summed E-state index contributed by atoms with van der Waals surface area (Å²) in [5.41, 5.74) is 7.96. The average molecular weight is 498 g/mol. The molecule has 0 amide bonds. The molecular weight excluding hydrogens is 474 g/mol. The van der Waals surface area contributed by atoms with Gasteiger partial charge in [-0.15, -0.1) is 0 Å². The first-order chi connectivity index (χ1) is 19.4. The first-order valence-electron chi connectivity index (χ1n) is 13.2. The van der Waals surface area contributed by atoms with Gasteiger partial charge in [0.15, 0.2) is 0 Å². The molecule has 0 aliphatic rings. The zero-order valence-corrected chi connectivity index (χ0v) is 21.1. The topological polar surface area (TPSA) is 30.7 Å². The Morgan fingerprint density at radius 1 is 0.410 bits per heavy atom. The lowest BCUT2D eigenvalue weighted by Gasteiger charge is -2.20. The summed E-state index contributed by atoms with van der Waals surface area (Å²) < 4.78 is 2.50. The number of pyridine rings is 2. The fourth-order valence-electron chi connectivity index (χ4n) is 6.06. The van der Waals surface area contributed by atoms with Crippen LogP contribution in [0.5, 0.6) is 0 Å². The van der Waals surface area contributed by atoms with Crippen molar-refractivity contribution in [2.45, 2.75) is 0 Å². The van der Waals surface area contributed by atoms with Gasteiger partial charge < -0.3 is 4.57 Å². The second-order valence-electron chi connectivity index (χ2n) is 9.89. The smallest absolute Gasteiger partial charge is 0.0620 e. The van der Waals surface area contributed by atoms with Gasteiger partial charge in [-0.25, -0.2) is 0 Å². The van der Waals surface area contributed by atoms with Crippen molar-refractivity contribution >= 4 is 43.4 Å². The number of fused-ring (bicyclic) bond motifs is 7. The third-order valence-corrected chi connectivity index (χ3v) is 7.74. The third kappa shape index (κ3) is 3.30. The highest BCUT2D eigenvalue weighted by atomic mass is 15.0. The molecule has 0 bridgehead atoms. The van der Waals surface area contributed by atoms with Gasteiger partial charge in [0, 0.05) is 68.6 Å². The zero-order valence-electron chi connectivity index (χ0n) is 21.1. The maximum absolute atomic E-state index is 4.49. The highest BCUT2D eigenvalue weighted by Crippen LogP contribution is 2.44. The highest BCUT2D eigenvalue weighted by molar-refractivity contribution is 6.24. The Bertz CT molecular complexity index is 2010. The first kappa shape index (κ1) is 21.8. The van der Waals surface area contributed by atoms with Gasteiger partial charge in [0.1, 0.15) is 0 Å². The van der Waals surface area contributed by atoms with Gasteiger partial charge in [0.25, 0.3) is 0 Å². The number of hydrogen-bond donors (Lipinski definition) is 0. The molecule has 0 unspecified atom stereocenters. The molecule has 0 saturated heterocycles. The van der Waals surface area contributed by atoms with E-state index in [1.165, 1.54) is 43.4 Å². The molecule has 3 heteroatoms. The van der Waals surface area contributed by atoms with Gasteiger partial charge in [-0.3, -0.25) is 9.97 Å². The summed E-state index contributed by atoms with van der Waals surface area (Å²) in [5, 5.41) is 7.39. The first-order valence-corrected chi connectivity index (χ1v) is 13.2. The summed E-state index contributed by atoms with van der Waals surface area (Å²) in [6.45, 7) is 0. The van der Waals surface area contributed by atoms with E-state index >= 15 is 0 Å². The molecule has 0 radical (unpaired) electrons. The van der Waals surface area contributed by atoms with Gasteiger partial charge in [-0.1, -0.05) is 103 Å². The second-order valence-corrected chi connectivity index (χ2v) is 9.89. The van der Waals surface area contributed by atoms with Crippen LogP contribution in [0.1, 0.15) is 0 Å². The lowest BCUT2D eigenvalue weighted by Crippen LogP contribution is -2.01. The summed E-state index contributed by atoms with van der Waals surface area (Å²) in [6.07, 6.45) is 7.57. The molecule has 0 spiro atoms. The summed E-state index contributed by atoms with van der Waals surface area (Å²) >= 11 is 0. The average Bonchev–Trinajstić information content (AvgIpc) is 3.36. The van der Waals surface area contributed by atoms with Crippen LogP contribution in [-0.2, 0) is 0 Å². The number of aromatic nitrogens is 3. The van der Waals surface area contributed by atoms with Crippen molar-refractivity contribution in [1.29, 1.82) is 0 Å². The van der Waals surface area contributed by atoms with Crippen LogP contribution in [-0.4, -0.2) is 14.5 Å². The van der Waals surface area contributed by atoms with E-state index in [0.717, 1.165) is 27.9 Å². The zero-order chi connectivity index (χ0) is 25.8. The summed E-state index contributed by atoms with van der Waals surface area (Å²) in [7, 11) is 0. The van der Waals surface area contributed by atoms with Crippen LogP contribution >= 0.6 is 0 Å². The molecular formula is C36H23N3. The molecule has 0 saturated carbocycles. The van der Waals surface area contributed by atoms with Gasteiger partial charge >= 0.3 is 0 Å². The summed E-state index contributed by atoms with van der Waals surface area (Å²) in [4.78, 5) is 8.98. The quantitative estimate of drug-likeness (QED) is 0.244. The fraction of sp³-hybridized carbons (Fsp3) is 0. The van der Waals surface area contributed by atoms with Gasteiger partial charge in [0.05, 0.1) is 16.7 Å². The van der Waals surface area contributed by atoms with Crippen LogP contribution in [0.4, 0.5) is 0 Å². The number of rotatable bonds is 3. The number of nitrogens with zero attached hydrogens (tertiary/aromatic N) is 3. The van der Waals surface area contributed by atoms with E-state index in [4.69, 9.17) is 0 Å². The van der Waals surface area contributed by atoms with E-state index in [-0.39, 0.29) is 0 Å². The maximum atomic E-state index is 4.49. The van der Waals surface area contributed by atoms with Crippen molar-refractivity contribution in [3.8, 4) is 27.9 Å². The molecule has 8 aromatic rings. The number of hydrogen-bond acceptors (Lipinski definition) is 2. The Hall–Kier alpha value is -5.28. The van der Waals surface area contributed by atoms with Crippen molar-refractivity contribution in [1.82, 2.24) is 14.5 Å². The molecule has 3 heterocycles. The minimum Gasteiger partial charge on any atom is -0.307 e. The van der Waals surface area contributed by atoms with Crippen LogP contribution in [0.25, 0.3) is 71.3 Å². The minimum absolute atomic E-state index is 1.08. The molecule has 5 aromatic carbocycles. The van der Waals surface area contributed by atoms with E-state index < -0.39 is 0 Å². The Kier molecular flexibility index (Phi) is 4.82. The molecule has 0 aliphatic carbocycles. The number of para-hydroxylation sites is 1. The van der Waals surface area contributed by atoms with E-state index in [9.17, 15) is 0 Å². The lowest BCUT2D eigenvalue weighted by molar-refractivity contribution is 1.19. The Morgan fingerprint density at radius 2 is 0.923 bits per heavy atom. The SMILES string of the molecule is c1cncc(-c2cccc(-c3cccnc3)c2-n2c3c4ccccc4ccc3c3ccc4ccccc4c32)c1.